The Balaban J connectivity index is 2.51. The van der Waals surface area contributed by atoms with E-state index in [1.165, 1.54) is 5.56 Å². The lowest BCUT2D eigenvalue weighted by Crippen LogP contribution is -2.28. The molecule has 0 aliphatic heterocycles. The van der Waals surface area contributed by atoms with Crippen molar-refractivity contribution in [2.24, 2.45) is 0 Å². The van der Waals surface area contributed by atoms with E-state index in [-0.39, 0.29) is 12.4 Å². The van der Waals surface area contributed by atoms with Crippen molar-refractivity contribution in [1.29, 1.82) is 0 Å². The van der Waals surface area contributed by atoms with Gasteiger partial charge in [-0.05, 0) is 31.5 Å². The molecule has 1 rings (SSSR count). The molecule has 0 radical (unpaired) electrons. The Morgan fingerprint density at radius 3 is 2.11 bits per heavy atom. The average molecular weight is 254 g/mol. The first-order valence-electron chi connectivity index (χ1n) is 5.91. The molecular formula is C14H22O4. The standard InChI is InChI=1S/C14H22O4/c1-14(2,18-11-16-4)9-12-5-7-13(8-6-12)17-10-15-3/h5-8H,9-11H2,1-4H3. The van der Waals surface area contributed by atoms with Gasteiger partial charge in [-0.3, -0.25) is 0 Å². The van der Waals surface area contributed by atoms with Crippen LogP contribution in [-0.2, 0) is 20.6 Å². The van der Waals surface area contributed by atoms with Crippen molar-refractivity contribution < 1.29 is 18.9 Å². The number of hydrogen-bond donors (Lipinski definition) is 0. The lowest BCUT2D eigenvalue weighted by molar-refractivity contribution is -0.113. The van der Waals surface area contributed by atoms with E-state index in [0.29, 0.717) is 6.79 Å². The Kier molecular flexibility index (Phi) is 6.12. The van der Waals surface area contributed by atoms with Crippen LogP contribution >= 0.6 is 0 Å². The van der Waals surface area contributed by atoms with Crippen LogP contribution in [0, 0.1) is 0 Å². The molecule has 4 nitrogen and oxygen atoms in total. The Bertz CT molecular complexity index is 332. The monoisotopic (exact) mass is 254 g/mol. The van der Waals surface area contributed by atoms with Gasteiger partial charge < -0.3 is 18.9 Å². The molecule has 1 aromatic carbocycles. The predicted octanol–water partition coefficient (Wildman–Crippen LogP) is 2.61. The van der Waals surface area contributed by atoms with Gasteiger partial charge in [0.2, 0.25) is 0 Å². The van der Waals surface area contributed by atoms with E-state index in [1.807, 2.05) is 38.1 Å². The molecule has 0 heterocycles. The van der Waals surface area contributed by atoms with Crippen LogP contribution in [0.25, 0.3) is 0 Å². The van der Waals surface area contributed by atoms with Crippen molar-refractivity contribution in [3.05, 3.63) is 29.8 Å². The molecule has 102 valence electrons. The molecule has 0 bridgehead atoms. The van der Waals surface area contributed by atoms with Crippen molar-refractivity contribution in [3.63, 3.8) is 0 Å². The summed E-state index contributed by atoms with van der Waals surface area (Å²) in [5.41, 5.74) is 0.950. The maximum absolute atomic E-state index is 5.60. The highest BCUT2D eigenvalue weighted by Gasteiger charge is 2.18. The van der Waals surface area contributed by atoms with Gasteiger partial charge in [0.15, 0.2) is 6.79 Å². The molecule has 0 aromatic heterocycles. The number of hydrogen-bond acceptors (Lipinski definition) is 4. The number of rotatable bonds is 8. The smallest absolute Gasteiger partial charge is 0.188 e. The first-order valence-corrected chi connectivity index (χ1v) is 5.91. The van der Waals surface area contributed by atoms with Gasteiger partial charge in [0.05, 0.1) is 5.60 Å². The Hall–Kier alpha value is -1.10. The third kappa shape index (κ3) is 5.49. The van der Waals surface area contributed by atoms with Crippen LogP contribution in [0.4, 0.5) is 0 Å². The molecule has 0 fully saturated rings. The van der Waals surface area contributed by atoms with Crippen molar-refractivity contribution in [2.45, 2.75) is 25.9 Å². The van der Waals surface area contributed by atoms with E-state index in [4.69, 9.17) is 18.9 Å². The molecule has 0 aliphatic rings. The molecule has 0 saturated heterocycles. The summed E-state index contributed by atoms with van der Waals surface area (Å²) in [5.74, 6) is 0.802. The van der Waals surface area contributed by atoms with E-state index in [1.54, 1.807) is 14.2 Å². The summed E-state index contributed by atoms with van der Waals surface area (Å²) in [6.07, 6.45) is 0.820. The van der Waals surface area contributed by atoms with Crippen molar-refractivity contribution in [3.8, 4) is 5.75 Å². The van der Waals surface area contributed by atoms with Crippen LogP contribution in [0.2, 0.25) is 0 Å². The van der Waals surface area contributed by atoms with Crippen LogP contribution in [0.15, 0.2) is 24.3 Å². The van der Waals surface area contributed by atoms with Gasteiger partial charge in [0.1, 0.15) is 12.5 Å². The minimum Gasteiger partial charge on any atom is -0.468 e. The number of benzene rings is 1. The minimum atomic E-state index is -0.245. The van der Waals surface area contributed by atoms with E-state index in [9.17, 15) is 0 Å². The zero-order valence-corrected chi connectivity index (χ0v) is 11.6. The third-order valence-electron chi connectivity index (χ3n) is 2.46. The molecule has 0 spiro atoms. The molecule has 0 aliphatic carbocycles. The largest absolute Gasteiger partial charge is 0.468 e. The van der Waals surface area contributed by atoms with E-state index >= 15 is 0 Å². The van der Waals surface area contributed by atoms with E-state index < -0.39 is 0 Å². The van der Waals surface area contributed by atoms with Gasteiger partial charge in [0.25, 0.3) is 0 Å². The summed E-state index contributed by atoms with van der Waals surface area (Å²) in [4.78, 5) is 0. The molecule has 0 unspecified atom stereocenters. The lowest BCUT2D eigenvalue weighted by Gasteiger charge is -2.25. The zero-order chi connectivity index (χ0) is 13.4. The van der Waals surface area contributed by atoms with E-state index in [2.05, 4.69) is 0 Å². The Morgan fingerprint density at radius 1 is 0.944 bits per heavy atom. The first-order chi connectivity index (χ1) is 8.57. The van der Waals surface area contributed by atoms with Gasteiger partial charge >= 0.3 is 0 Å². The first kappa shape index (κ1) is 15.0. The molecule has 0 atom stereocenters. The molecule has 4 heteroatoms. The zero-order valence-electron chi connectivity index (χ0n) is 11.6. The summed E-state index contributed by atoms with van der Waals surface area (Å²) in [6.45, 7) is 4.66. The normalized spacial score (nSPS) is 11.6. The average Bonchev–Trinajstić information content (AvgIpc) is 2.35. The summed E-state index contributed by atoms with van der Waals surface area (Å²) >= 11 is 0. The second-order valence-electron chi connectivity index (χ2n) is 4.68. The molecular weight excluding hydrogens is 232 g/mol. The molecule has 18 heavy (non-hydrogen) atoms. The molecule has 1 aromatic rings. The number of methoxy groups -OCH3 is 2. The Labute approximate surface area is 109 Å². The second-order valence-corrected chi connectivity index (χ2v) is 4.68. The fourth-order valence-electron chi connectivity index (χ4n) is 1.59. The van der Waals surface area contributed by atoms with Crippen LogP contribution in [0.5, 0.6) is 5.75 Å². The van der Waals surface area contributed by atoms with Gasteiger partial charge in [-0.1, -0.05) is 12.1 Å². The van der Waals surface area contributed by atoms with Crippen molar-refractivity contribution >= 4 is 0 Å². The van der Waals surface area contributed by atoms with Gasteiger partial charge in [-0.2, -0.15) is 0 Å². The summed E-state index contributed by atoms with van der Waals surface area (Å²) in [7, 11) is 3.22. The topological polar surface area (TPSA) is 36.9 Å². The van der Waals surface area contributed by atoms with Crippen molar-refractivity contribution in [2.75, 3.05) is 27.8 Å². The van der Waals surface area contributed by atoms with E-state index in [0.717, 1.165) is 12.2 Å². The van der Waals surface area contributed by atoms with Crippen LogP contribution in [0.3, 0.4) is 0 Å². The number of ether oxygens (including phenoxy) is 4. The van der Waals surface area contributed by atoms with Gasteiger partial charge in [-0.25, -0.2) is 0 Å². The minimum absolute atomic E-state index is 0.245. The summed E-state index contributed by atoms with van der Waals surface area (Å²) in [5, 5.41) is 0. The van der Waals surface area contributed by atoms with Gasteiger partial charge in [0, 0.05) is 20.6 Å². The highest BCUT2D eigenvalue weighted by atomic mass is 16.7. The maximum Gasteiger partial charge on any atom is 0.188 e. The highest BCUT2D eigenvalue weighted by molar-refractivity contribution is 5.28. The molecule has 0 amide bonds. The summed E-state index contributed by atoms with van der Waals surface area (Å²) < 4.78 is 20.7. The predicted molar refractivity (Wildman–Crippen MR) is 69.7 cm³/mol. The van der Waals surface area contributed by atoms with Crippen LogP contribution in [-0.4, -0.2) is 33.4 Å². The van der Waals surface area contributed by atoms with Crippen molar-refractivity contribution in [1.82, 2.24) is 0 Å². The summed E-state index contributed by atoms with van der Waals surface area (Å²) in [6, 6.07) is 7.92. The highest BCUT2D eigenvalue weighted by Crippen LogP contribution is 2.19. The Morgan fingerprint density at radius 2 is 1.56 bits per heavy atom. The molecule has 0 N–H and O–H groups in total. The maximum atomic E-state index is 5.60. The fraction of sp³-hybridized carbons (Fsp3) is 0.571. The van der Waals surface area contributed by atoms with Crippen LogP contribution in [0.1, 0.15) is 19.4 Å². The van der Waals surface area contributed by atoms with Gasteiger partial charge in [-0.15, -0.1) is 0 Å². The fourth-order valence-corrected chi connectivity index (χ4v) is 1.59. The quantitative estimate of drug-likeness (QED) is 0.668. The lowest BCUT2D eigenvalue weighted by atomic mass is 9.98. The molecule has 0 saturated carbocycles. The van der Waals surface area contributed by atoms with Crippen LogP contribution < -0.4 is 4.74 Å². The third-order valence-corrected chi connectivity index (χ3v) is 2.46. The SMILES string of the molecule is COCOc1ccc(CC(C)(C)OCOC)cc1. The second kappa shape index (κ2) is 7.36.